The summed E-state index contributed by atoms with van der Waals surface area (Å²) < 4.78 is 11.9. The molecule has 1 aliphatic heterocycles. The Balaban J connectivity index is 1.86. The average molecular weight is 470 g/mol. The summed E-state index contributed by atoms with van der Waals surface area (Å²) >= 11 is 0. The third-order valence-electron chi connectivity index (χ3n) is 6.52. The highest BCUT2D eigenvalue weighted by molar-refractivity contribution is 5.80. The van der Waals surface area contributed by atoms with E-state index in [-0.39, 0.29) is 37.0 Å². The summed E-state index contributed by atoms with van der Waals surface area (Å²) in [7, 11) is 7.72. The van der Waals surface area contributed by atoms with Gasteiger partial charge in [-0.1, -0.05) is 19.1 Å². The van der Waals surface area contributed by atoms with Gasteiger partial charge in [-0.15, -0.1) is 0 Å². The van der Waals surface area contributed by atoms with Crippen LogP contribution < -0.4 is 14.4 Å². The van der Waals surface area contributed by atoms with Crippen LogP contribution in [-0.4, -0.2) is 80.9 Å². The van der Waals surface area contributed by atoms with Gasteiger partial charge < -0.3 is 24.4 Å². The zero-order valence-electron chi connectivity index (χ0n) is 21.3. The number of likely N-dealkylation sites (N-methyl/N-ethyl adjacent to an activating group) is 1. The molecule has 0 saturated heterocycles. The van der Waals surface area contributed by atoms with E-state index in [1.807, 2.05) is 61.2 Å². The van der Waals surface area contributed by atoms with E-state index >= 15 is 0 Å². The second-order valence-electron chi connectivity index (χ2n) is 9.62. The number of anilines is 1. The van der Waals surface area contributed by atoms with Gasteiger partial charge in [0.05, 0.1) is 26.2 Å². The van der Waals surface area contributed by atoms with Gasteiger partial charge in [-0.2, -0.15) is 0 Å². The Kier molecular flexibility index (Phi) is 8.80. The molecule has 1 N–H and O–H groups in total. The fourth-order valence-electron chi connectivity index (χ4n) is 4.33. The van der Waals surface area contributed by atoms with Crippen LogP contribution in [0.15, 0.2) is 42.5 Å². The predicted octanol–water partition coefficient (Wildman–Crippen LogP) is 3.04. The third-order valence-corrected chi connectivity index (χ3v) is 6.52. The van der Waals surface area contributed by atoms with Crippen LogP contribution in [-0.2, 0) is 17.8 Å². The summed E-state index contributed by atoms with van der Waals surface area (Å²) in [5, 5.41) is 9.80. The minimum atomic E-state index is -0.244. The Labute approximate surface area is 203 Å². The maximum atomic E-state index is 13.3. The topological polar surface area (TPSA) is 65.5 Å². The number of benzene rings is 2. The molecule has 3 rings (SSSR count). The fraction of sp³-hybridized carbons (Fsp3) is 0.519. The smallest absolute Gasteiger partial charge is 0.227 e. The van der Waals surface area contributed by atoms with Gasteiger partial charge in [-0.25, -0.2) is 0 Å². The molecule has 186 valence electrons. The van der Waals surface area contributed by atoms with Crippen molar-refractivity contribution < 1.29 is 19.4 Å². The first-order valence-corrected chi connectivity index (χ1v) is 11.9. The Hall–Kier alpha value is -2.77. The quantitative estimate of drug-likeness (QED) is 0.641. The van der Waals surface area contributed by atoms with Crippen molar-refractivity contribution in [3.8, 4) is 11.5 Å². The SMILES string of the molecule is COc1ccc(CN(C)C[C@H]2Oc3ccc(N(C)C)cc3CC(=O)N([C@@H](C)CO)C[C@@H]2C)cc1. The summed E-state index contributed by atoms with van der Waals surface area (Å²) in [4.78, 5) is 19.3. The number of fused-ring (bicyclic) bond motifs is 1. The van der Waals surface area contributed by atoms with Crippen LogP contribution in [0.3, 0.4) is 0 Å². The van der Waals surface area contributed by atoms with Crippen LogP contribution in [0.2, 0.25) is 0 Å². The molecular weight excluding hydrogens is 430 g/mol. The van der Waals surface area contributed by atoms with Gasteiger partial charge in [0.2, 0.25) is 5.91 Å². The van der Waals surface area contributed by atoms with E-state index in [9.17, 15) is 9.90 Å². The van der Waals surface area contributed by atoms with Gasteiger partial charge in [0.25, 0.3) is 0 Å². The standard InChI is InChI=1S/C27H39N3O4/c1-19-15-30(20(2)18-31)27(32)14-22-13-23(28(3)4)9-12-25(22)34-26(19)17-29(5)16-21-7-10-24(33-6)11-8-21/h7-13,19-20,26,31H,14-18H2,1-6H3/t19-,20-,26+/m0/s1. The molecule has 3 atom stereocenters. The Morgan fingerprint density at radius 1 is 1.18 bits per heavy atom. The summed E-state index contributed by atoms with van der Waals surface area (Å²) in [6, 6.07) is 13.9. The lowest BCUT2D eigenvalue weighted by atomic mass is 10.0. The van der Waals surface area contributed by atoms with Crippen molar-refractivity contribution in [2.45, 2.75) is 39.0 Å². The highest BCUT2D eigenvalue weighted by Crippen LogP contribution is 2.30. The molecule has 0 spiro atoms. The summed E-state index contributed by atoms with van der Waals surface area (Å²) in [5.74, 6) is 1.69. The van der Waals surface area contributed by atoms with E-state index in [0.29, 0.717) is 13.1 Å². The number of amides is 1. The van der Waals surface area contributed by atoms with Crippen LogP contribution in [0.25, 0.3) is 0 Å². The van der Waals surface area contributed by atoms with Crippen LogP contribution in [0.4, 0.5) is 5.69 Å². The van der Waals surface area contributed by atoms with Crippen LogP contribution >= 0.6 is 0 Å². The number of aliphatic hydroxyl groups excluding tert-OH is 1. The minimum Gasteiger partial charge on any atom is -0.497 e. The largest absolute Gasteiger partial charge is 0.497 e. The van der Waals surface area contributed by atoms with Gasteiger partial charge in [0, 0.05) is 50.9 Å². The predicted molar refractivity (Wildman–Crippen MR) is 136 cm³/mol. The number of aliphatic hydroxyl groups is 1. The molecule has 0 aliphatic carbocycles. The average Bonchev–Trinajstić information content (AvgIpc) is 2.86. The van der Waals surface area contributed by atoms with Gasteiger partial charge >= 0.3 is 0 Å². The lowest BCUT2D eigenvalue weighted by Gasteiger charge is -2.34. The van der Waals surface area contributed by atoms with Crippen LogP contribution in [0, 0.1) is 5.92 Å². The van der Waals surface area contributed by atoms with Crippen LogP contribution in [0.1, 0.15) is 25.0 Å². The number of hydrogen-bond acceptors (Lipinski definition) is 6. The number of rotatable bonds is 8. The third kappa shape index (κ3) is 6.42. The minimum absolute atomic E-state index is 0.0152. The number of nitrogens with zero attached hydrogens (tertiary/aromatic N) is 3. The molecule has 34 heavy (non-hydrogen) atoms. The molecule has 0 aromatic heterocycles. The van der Waals surface area contributed by atoms with Crippen molar-refractivity contribution in [3.05, 3.63) is 53.6 Å². The lowest BCUT2D eigenvalue weighted by Crippen LogP contribution is -2.47. The number of carbonyl (C=O) groups is 1. The molecule has 0 saturated carbocycles. The van der Waals surface area contributed by atoms with Gasteiger partial charge in [-0.3, -0.25) is 9.69 Å². The molecule has 0 radical (unpaired) electrons. The first-order chi connectivity index (χ1) is 16.2. The van der Waals surface area contributed by atoms with Crippen molar-refractivity contribution in [2.75, 3.05) is 52.8 Å². The maximum absolute atomic E-state index is 13.3. The normalized spacial score (nSPS) is 19.5. The first kappa shape index (κ1) is 25.8. The van der Waals surface area contributed by atoms with E-state index < -0.39 is 0 Å². The van der Waals surface area contributed by atoms with Crippen molar-refractivity contribution in [2.24, 2.45) is 5.92 Å². The lowest BCUT2D eigenvalue weighted by molar-refractivity contribution is -0.134. The number of carbonyl (C=O) groups excluding carboxylic acids is 1. The molecule has 1 aliphatic rings. The molecular formula is C27H39N3O4. The highest BCUT2D eigenvalue weighted by Gasteiger charge is 2.31. The number of ether oxygens (including phenoxy) is 2. The van der Waals surface area contributed by atoms with Gasteiger partial charge in [0.15, 0.2) is 0 Å². The molecule has 1 amide bonds. The molecule has 7 heteroatoms. The Morgan fingerprint density at radius 2 is 1.88 bits per heavy atom. The molecule has 7 nitrogen and oxygen atoms in total. The van der Waals surface area contributed by atoms with Gasteiger partial charge in [-0.05, 0) is 49.9 Å². The molecule has 1 heterocycles. The van der Waals surface area contributed by atoms with Crippen molar-refractivity contribution in [3.63, 3.8) is 0 Å². The highest BCUT2D eigenvalue weighted by atomic mass is 16.5. The van der Waals surface area contributed by atoms with Crippen molar-refractivity contribution >= 4 is 11.6 Å². The molecule has 0 bridgehead atoms. The number of hydrogen-bond donors (Lipinski definition) is 1. The van der Waals surface area contributed by atoms with E-state index in [4.69, 9.17) is 9.47 Å². The second kappa shape index (κ2) is 11.6. The van der Waals surface area contributed by atoms with Crippen molar-refractivity contribution in [1.82, 2.24) is 9.80 Å². The summed E-state index contributed by atoms with van der Waals surface area (Å²) in [6.07, 6.45) is 0.133. The van der Waals surface area contributed by atoms with E-state index in [2.05, 4.69) is 31.0 Å². The van der Waals surface area contributed by atoms with E-state index in [0.717, 1.165) is 29.3 Å². The second-order valence-corrected chi connectivity index (χ2v) is 9.62. The first-order valence-electron chi connectivity index (χ1n) is 11.9. The zero-order valence-corrected chi connectivity index (χ0v) is 21.3. The molecule has 0 fully saturated rings. The molecule has 2 aromatic rings. The summed E-state index contributed by atoms with van der Waals surface area (Å²) in [5.41, 5.74) is 3.10. The molecule has 2 aromatic carbocycles. The van der Waals surface area contributed by atoms with E-state index in [1.165, 1.54) is 5.56 Å². The van der Waals surface area contributed by atoms with Crippen molar-refractivity contribution in [1.29, 1.82) is 0 Å². The van der Waals surface area contributed by atoms with Gasteiger partial charge in [0.1, 0.15) is 17.6 Å². The maximum Gasteiger partial charge on any atom is 0.227 e. The monoisotopic (exact) mass is 469 g/mol. The fourth-order valence-corrected chi connectivity index (χ4v) is 4.33. The van der Waals surface area contributed by atoms with Crippen LogP contribution in [0.5, 0.6) is 11.5 Å². The zero-order chi connectivity index (χ0) is 24.8. The number of methoxy groups -OCH3 is 1. The van der Waals surface area contributed by atoms with E-state index in [1.54, 1.807) is 7.11 Å². The molecule has 0 unspecified atom stereocenters. The Morgan fingerprint density at radius 3 is 2.50 bits per heavy atom. The summed E-state index contributed by atoms with van der Waals surface area (Å²) in [6.45, 7) is 5.97. The Bertz CT molecular complexity index is 947.